The first-order valence-corrected chi connectivity index (χ1v) is 8.27. The van der Waals surface area contributed by atoms with E-state index in [4.69, 9.17) is 5.73 Å². The van der Waals surface area contributed by atoms with Crippen LogP contribution in [0.5, 0.6) is 0 Å². The number of aryl methyl sites for hydroxylation is 1. The molecule has 1 aliphatic rings. The van der Waals surface area contributed by atoms with Gasteiger partial charge < -0.3 is 10.6 Å². The van der Waals surface area contributed by atoms with E-state index in [0.29, 0.717) is 16.5 Å². The van der Waals surface area contributed by atoms with E-state index in [-0.39, 0.29) is 11.9 Å². The molecule has 0 radical (unpaired) electrons. The predicted octanol–water partition coefficient (Wildman–Crippen LogP) is 3.45. The first kappa shape index (κ1) is 14.3. The number of anilines is 1. The van der Waals surface area contributed by atoms with Crippen LogP contribution < -0.4 is 5.73 Å². The molecule has 0 aromatic carbocycles. The normalized spacial score (nSPS) is 22.7. The first-order valence-electron chi connectivity index (χ1n) is 7.45. The molecule has 21 heavy (non-hydrogen) atoms. The van der Waals surface area contributed by atoms with Crippen LogP contribution in [-0.2, 0) is 0 Å². The Bertz CT molecular complexity index is 694. The van der Waals surface area contributed by atoms with Gasteiger partial charge in [0.15, 0.2) is 0 Å². The standard InChI is InChI=1S/C16H21N3OS/c1-9-5-4-8-19(11(9)3)16(20)14-13(17)12-7-6-10(2)18-15(12)21-14/h6-7,9,11H,4-5,8,17H2,1-3H3. The molecular weight excluding hydrogens is 282 g/mol. The Morgan fingerprint density at radius 3 is 2.95 bits per heavy atom. The van der Waals surface area contributed by atoms with Crippen LogP contribution in [0.25, 0.3) is 10.2 Å². The van der Waals surface area contributed by atoms with Crippen LogP contribution >= 0.6 is 11.3 Å². The lowest BCUT2D eigenvalue weighted by Crippen LogP contribution is -2.45. The van der Waals surface area contributed by atoms with Crippen molar-refractivity contribution in [3.63, 3.8) is 0 Å². The molecule has 112 valence electrons. The number of likely N-dealkylation sites (tertiary alicyclic amines) is 1. The zero-order valence-electron chi connectivity index (χ0n) is 12.7. The van der Waals surface area contributed by atoms with Crippen molar-refractivity contribution in [1.82, 2.24) is 9.88 Å². The van der Waals surface area contributed by atoms with Gasteiger partial charge in [-0.15, -0.1) is 11.3 Å². The second-order valence-corrected chi connectivity index (χ2v) is 7.01. The maximum atomic E-state index is 12.9. The smallest absolute Gasteiger partial charge is 0.266 e. The van der Waals surface area contributed by atoms with E-state index < -0.39 is 0 Å². The summed E-state index contributed by atoms with van der Waals surface area (Å²) in [5.74, 6) is 0.603. The fourth-order valence-corrected chi connectivity index (χ4v) is 4.10. The van der Waals surface area contributed by atoms with Crippen molar-refractivity contribution in [3.05, 3.63) is 22.7 Å². The summed E-state index contributed by atoms with van der Waals surface area (Å²) in [7, 11) is 0. The highest BCUT2D eigenvalue weighted by molar-refractivity contribution is 7.21. The van der Waals surface area contributed by atoms with Crippen molar-refractivity contribution in [2.24, 2.45) is 5.92 Å². The highest BCUT2D eigenvalue weighted by Crippen LogP contribution is 2.35. The molecule has 0 bridgehead atoms. The summed E-state index contributed by atoms with van der Waals surface area (Å²) in [5, 5.41) is 0.895. The number of fused-ring (bicyclic) bond motifs is 1. The molecule has 1 fully saturated rings. The lowest BCUT2D eigenvalue weighted by atomic mass is 9.92. The summed E-state index contributed by atoms with van der Waals surface area (Å²) in [5.41, 5.74) is 7.73. The first-order chi connectivity index (χ1) is 9.99. The fraction of sp³-hybridized carbons (Fsp3) is 0.500. The number of rotatable bonds is 1. The number of amides is 1. The molecule has 0 saturated carbocycles. The van der Waals surface area contributed by atoms with Gasteiger partial charge in [0, 0.05) is 23.7 Å². The highest BCUT2D eigenvalue weighted by atomic mass is 32.1. The summed E-state index contributed by atoms with van der Waals surface area (Å²) in [6, 6.07) is 4.17. The molecule has 4 nitrogen and oxygen atoms in total. The molecular formula is C16H21N3OS. The molecule has 3 heterocycles. The van der Waals surface area contributed by atoms with Crippen molar-refractivity contribution in [1.29, 1.82) is 0 Å². The molecule has 2 aromatic rings. The highest BCUT2D eigenvalue weighted by Gasteiger charge is 2.31. The van der Waals surface area contributed by atoms with Crippen molar-refractivity contribution in [2.45, 2.75) is 39.7 Å². The van der Waals surface area contributed by atoms with Gasteiger partial charge in [0.05, 0.1) is 5.69 Å². The van der Waals surface area contributed by atoms with Gasteiger partial charge in [-0.3, -0.25) is 4.79 Å². The van der Waals surface area contributed by atoms with Crippen LogP contribution in [0.2, 0.25) is 0 Å². The molecule has 0 aliphatic carbocycles. The summed E-state index contributed by atoms with van der Waals surface area (Å²) >= 11 is 1.42. The molecule has 1 amide bonds. The largest absolute Gasteiger partial charge is 0.397 e. The van der Waals surface area contributed by atoms with Crippen LogP contribution in [-0.4, -0.2) is 28.4 Å². The predicted molar refractivity (Wildman–Crippen MR) is 87.7 cm³/mol. The van der Waals surface area contributed by atoms with Gasteiger partial charge in [-0.1, -0.05) is 6.92 Å². The van der Waals surface area contributed by atoms with E-state index in [1.807, 2.05) is 24.0 Å². The third-order valence-electron chi connectivity index (χ3n) is 4.56. The molecule has 2 atom stereocenters. The van der Waals surface area contributed by atoms with Gasteiger partial charge in [-0.2, -0.15) is 0 Å². The Morgan fingerprint density at radius 2 is 2.19 bits per heavy atom. The molecule has 2 unspecified atom stereocenters. The van der Waals surface area contributed by atoms with E-state index >= 15 is 0 Å². The minimum absolute atomic E-state index is 0.0622. The quantitative estimate of drug-likeness (QED) is 0.878. The molecule has 1 aliphatic heterocycles. The number of carbonyl (C=O) groups is 1. The number of nitrogen functional groups attached to an aromatic ring is 1. The molecule has 0 spiro atoms. The number of aromatic nitrogens is 1. The van der Waals surface area contributed by atoms with Crippen LogP contribution in [0.4, 0.5) is 5.69 Å². The maximum absolute atomic E-state index is 12.9. The Morgan fingerprint density at radius 1 is 1.43 bits per heavy atom. The van der Waals surface area contributed by atoms with E-state index in [9.17, 15) is 4.79 Å². The minimum atomic E-state index is 0.0622. The number of hydrogen-bond acceptors (Lipinski definition) is 4. The second kappa shape index (κ2) is 5.30. The molecule has 2 aromatic heterocycles. The van der Waals surface area contributed by atoms with Crippen LogP contribution in [0.15, 0.2) is 12.1 Å². The number of pyridine rings is 1. The average molecular weight is 303 g/mol. The Labute approximate surface area is 129 Å². The Balaban J connectivity index is 1.99. The summed E-state index contributed by atoms with van der Waals surface area (Å²) in [6.45, 7) is 7.12. The van der Waals surface area contributed by atoms with Gasteiger partial charge in [0.1, 0.15) is 9.71 Å². The van der Waals surface area contributed by atoms with Crippen molar-refractivity contribution >= 4 is 33.1 Å². The van der Waals surface area contributed by atoms with E-state index in [1.54, 1.807) is 0 Å². The number of piperidine rings is 1. The van der Waals surface area contributed by atoms with E-state index in [0.717, 1.165) is 28.9 Å². The van der Waals surface area contributed by atoms with Gasteiger partial charge in [-0.25, -0.2) is 4.98 Å². The van der Waals surface area contributed by atoms with Gasteiger partial charge in [0.2, 0.25) is 0 Å². The Hall–Kier alpha value is -1.62. The van der Waals surface area contributed by atoms with E-state index in [1.165, 1.54) is 17.8 Å². The zero-order valence-corrected chi connectivity index (χ0v) is 13.5. The maximum Gasteiger partial charge on any atom is 0.266 e. The van der Waals surface area contributed by atoms with Gasteiger partial charge >= 0.3 is 0 Å². The number of carbonyl (C=O) groups excluding carboxylic acids is 1. The summed E-state index contributed by atoms with van der Waals surface area (Å²) in [6.07, 6.45) is 2.26. The third kappa shape index (κ3) is 2.39. The zero-order chi connectivity index (χ0) is 15.1. The number of thiophene rings is 1. The van der Waals surface area contributed by atoms with Gasteiger partial charge in [-0.05, 0) is 44.7 Å². The topological polar surface area (TPSA) is 59.2 Å². The van der Waals surface area contributed by atoms with E-state index in [2.05, 4.69) is 18.8 Å². The van der Waals surface area contributed by atoms with Crippen LogP contribution in [0, 0.1) is 12.8 Å². The molecule has 3 rings (SSSR count). The lowest BCUT2D eigenvalue weighted by Gasteiger charge is -2.37. The molecule has 1 saturated heterocycles. The monoisotopic (exact) mass is 303 g/mol. The van der Waals surface area contributed by atoms with Crippen LogP contribution in [0.1, 0.15) is 42.1 Å². The fourth-order valence-electron chi connectivity index (χ4n) is 3.00. The molecule has 2 N–H and O–H groups in total. The van der Waals surface area contributed by atoms with Crippen molar-refractivity contribution < 1.29 is 4.79 Å². The SMILES string of the molecule is Cc1ccc2c(N)c(C(=O)N3CCCC(C)C3C)sc2n1. The summed E-state index contributed by atoms with van der Waals surface area (Å²) < 4.78 is 0. The van der Waals surface area contributed by atoms with Crippen molar-refractivity contribution in [3.8, 4) is 0 Å². The Kier molecular flexibility index (Phi) is 3.61. The molecule has 5 heteroatoms. The average Bonchev–Trinajstić information content (AvgIpc) is 2.78. The number of hydrogen-bond donors (Lipinski definition) is 1. The summed E-state index contributed by atoms with van der Waals surface area (Å²) in [4.78, 5) is 20.8. The number of nitrogens with zero attached hydrogens (tertiary/aromatic N) is 2. The number of nitrogens with two attached hydrogens (primary N) is 1. The minimum Gasteiger partial charge on any atom is -0.397 e. The lowest BCUT2D eigenvalue weighted by molar-refractivity contribution is 0.0557. The third-order valence-corrected chi connectivity index (χ3v) is 5.66. The second-order valence-electron chi connectivity index (χ2n) is 6.01. The van der Waals surface area contributed by atoms with Crippen molar-refractivity contribution in [2.75, 3.05) is 12.3 Å². The van der Waals surface area contributed by atoms with Crippen LogP contribution in [0.3, 0.4) is 0 Å². The van der Waals surface area contributed by atoms with Gasteiger partial charge in [0.25, 0.3) is 5.91 Å².